The number of urea groups is 1. The van der Waals surface area contributed by atoms with Crippen LogP contribution in [0.2, 0.25) is 0 Å². The molecule has 0 unspecified atom stereocenters. The van der Waals surface area contributed by atoms with E-state index in [9.17, 15) is 14.4 Å². The van der Waals surface area contributed by atoms with Gasteiger partial charge in [-0.1, -0.05) is 36.4 Å². The second-order valence-corrected chi connectivity index (χ2v) is 9.01. The van der Waals surface area contributed by atoms with Crippen molar-refractivity contribution < 1.29 is 19.1 Å². The number of carbonyl (C=O) groups excluding carboxylic acids is 3. The van der Waals surface area contributed by atoms with Gasteiger partial charge in [0.05, 0.1) is 13.3 Å². The van der Waals surface area contributed by atoms with E-state index in [4.69, 9.17) is 4.74 Å². The fraction of sp³-hybridized carbons (Fsp3) is 0.423. The predicted octanol–water partition coefficient (Wildman–Crippen LogP) is 2.43. The van der Waals surface area contributed by atoms with E-state index in [0.29, 0.717) is 45.8 Å². The third kappa shape index (κ3) is 5.24. The summed E-state index contributed by atoms with van der Waals surface area (Å²) in [4.78, 5) is 44.5. The van der Waals surface area contributed by atoms with Crippen LogP contribution in [0.5, 0.6) is 0 Å². The normalized spacial score (nSPS) is 17.1. The SMILES string of the molecule is COCCNC(=O)CN1CN(c2ccccc2)C2(CCN(C(=O)Nc3ccccc3C)CC2)C1=O. The first-order chi connectivity index (χ1) is 16.9. The third-order valence-electron chi connectivity index (χ3n) is 6.81. The molecule has 2 fully saturated rings. The molecule has 2 N–H and O–H groups in total. The zero-order valence-electron chi connectivity index (χ0n) is 20.3. The van der Waals surface area contributed by atoms with Gasteiger partial charge in [-0.15, -0.1) is 0 Å². The maximum atomic E-state index is 13.7. The lowest BCUT2D eigenvalue weighted by atomic mass is 9.85. The Morgan fingerprint density at radius 1 is 1.03 bits per heavy atom. The molecule has 2 heterocycles. The second kappa shape index (κ2) is 10.8. The molecule has 4 amide bonds. The highest BCUT2D eigenvalue weighted by atomic mass is 16.5. The van der Waals surface area contributed by atoms with E-state index in [1.165, 1.54) is 0 Å². The van der Waals surface area contributed by atoms with Gasteiger partial charge in [0.25, 0.3) is 5.91 Å². The number of hydrogen-bond donors (Lipinski definition) is 2. The predicted molar refractivity (Wildman–Crippen MR) is 134 cm³/mol. The van der Waals surface area contributed by atoms with Gasteiger partial charge in [-0.05, 0) is 43.5 Å². The van der Waals surface area contributed by atoms with Gasteiger partial charge >= 0.3 is 6.03 Å². The number of methoxy groups -OCH3 is 1. The molecule has 2 aromatic carbocycles. The Balaban J connectivity index is 1.47. The molecule has 186 valence electrons. The average molecular weight is 480 g/mol. The quantitative estimate of drug-likeness (QED) is 0.595. The molecule has 0 aliphatic carbocycles. The van der Waals surface area contributed by atoms with Crippen molar-refractivity contribution in [3.8, 4) is 0 Å². The van der Waals surface area contributed by atoms with Crippen molar-refractivity contribution >= 4 is 29.2 Å². The smallest absolute Gasteiger partial charge is 0.321 e. The molecule has 1 spiro atoms. The minimum atomic E-state index is -0.784. The Morgan fingerprint density at radius 3 is 2.40 bits per heavy atom. The third-order valence-corrected chi connectivity index (χ3v) is 6.81. The van der Waals surface area contributed by atoms with Crippen LogP contribution in [0.4, 0.5) is 16.2 Å². The van der Waals surface area contributed by atoms with E-state index in [2.05, 4.69) is 15.5 Å². The Kier molecular flexibility index (Phi) is 7.55. The van der Waals surface area contributed by atoms with Crippen molar-refractivity contribution in [2.24, 2.45) is 0 Å². The van der Waals surface area contributed by atoms with Gasteiger partial charge in [0.1, 0.15) is 12.1 Å². The van der Waals surface area contributed by atoms with Crippen molar-refractivity contribution in [3.05, 3.63) is 60.2 Å². The van der Waals surface area contributed by atoms with Crippen molar-refractivity contribution in [2.75, 3.05) is 56.8 Å². The average Bonchev–Trinajstić information content (AvgIpc) is 3.12. The van der Waals surface area contributed by atoms with E-state index in [-0.39, 0.29) is 24.4 Å². The summed E-state index contributed by atoms with van der Waals surface area (Å²) in [5.74, 6) is -0.280. The topological polar surface area (TPSA) is 94.2 Å². The van der Waals surface area contributed by atoms with E-state index >= 15 is 0 Å². The number of para-hydroxylation sites is 2. The summed E-state index contributed by atoms with van der Waals surface area (Å²) in [5, 5.41) is 5.78. The summed E-state index contributed by atoms with van der Waals surface area (Å²) in [7, 11) is 1.57. The maximum absolute atomic E-state index is 13.7. The molecular formula is C26H33N5O4. The molecule has 9 heteroatoms. The Morgan fingerprint density at radius 2 is 1.71 bits per heavy atom. The van der Waals surface area contributed by atoms with Gasteiger partial charge in [0.2, 0.25) is 5.91 Å². The van der Waals surface area contributed by atoms with Gasteiger partial charge in [-0.2, -0.15) is 0 Å². The van der Waals surface area contributed by atoms with Crippen molar-refractivity contribution in [1.82, 2.24) is 15.1 Å². The van der Waals surface area contributed by atoms with Crippen molar-refractivity contribution in [2.45, 2.75) is 25.3 Å². The number of hydrogen-bond acceptors (Lipinski definition) is 5. The molecule has 2 aliphatic heterocycles. The van der Waals surface area contributed by atoms with Crippen molar-refractivity contribution in [1.29, 1.82) is 0 Å². The van der Waals surface area contributed by atoms with Crippen LogP contribution in [-0.4, -0.2) is 79.7 Å². The Hall–Kier alpha value is -3.59. The molecule has 2 aromatic rings. The summed E-state index contributed by atoms with van der Waals surface area (Å²) in [6, 6.07) is 17.3. The summed E-state index contributed by atoms with van der Waals surface area (Å²) in [6.07, 6.45) is 0.980. The van der Waals surface area contributed by atoms with Gasteiger partial charge in [-0.25, -0.2) is 4.79 Å². The molecule has 0 bridgehead atoms. The highest BCUT2D eigenvalue weighted by Crippen LogP contribution is 2.39. The lowest BCUT2D eigenvalue weighted by Gasteiger charge is -2.43. The molecule has 0 saturated carbocycles. The number of anilines is 2. The Bertz CT molecular complexity index is 1050. The molecule has 2 aliphatic rings. The van der Waals surface area contributed by atoms with Crippen LogP contribution in [0.15, 0.2) is 54.6 Å². The second-order valence-electron chi connectivity index (χ2n) is 9.01. The lowest BCUT2D eigenvalue weighted by Crippen LogP contribution is -2.58. The number of amides is 4. The van der Waals surface area contributed by atoms with Gasteiger partial charge in [-0.3, -0.25) is 9.59 Å². The summed E-state index contributed by atoms with van der Waals surface area (Å²) < 4.78 is 4.98. The largest absolute Gasteiger partial charge is 0.383 e. The molecule has 0 aromatic heterocycles. The van der Waals surface area contributed by atoms with Crippen LogP contribution >= 0.6 is 0 Å². The highest BCUT2D eigenvalue weighted by Gasteiger charge is 2.54. The number of nitrogens with one attached hydrogen (secondary N) is 2. The van der Waals surface area contributed by atoms with Gasteiger partial charge in [0, 0.05) is 38.1 Å². The summed E-state index contributed by atoms with van der Waals surface area (Å²) >= 11 is 0. The minimum Gasteiger partial charge on any atom is -0.383 e. The van der Waals surface area contributed by atoms with E-state index < -0.39 is 5.54 Å². The number of nitrogens with zero attached hydrogens (tertiary/aromatic N) is 3. The Labute approximate surface area is 206 Å². The molecule has 35 heavy (non-hydrogen) atoms. The van der Waals surface area contributed by atoms with Crippen LogP contribution in [-0.2, 0) is 14.3 Å². The van der Waals surface area contributed by atoms with E-state index in [0.717, 1.165) is 16.9 Å². The molecule has 0 radical (unpaired) electrons. The van der Waals surface area contributed by atoms with Crippen LogP contribution in [0.1, 0.15) is 18.4 Å². The van der Waals surface area contributed by atoms with Crippen LogP contribution in [0.3, 0.4) is 0 Å². The first-order valence-corrected chi connectivity index (χ1v) is 11.9. The van der Waals surface area contributed by atoms with Crippen LogP contribution < -0.4 is 15.5 Å². The van der Waals surface area contributed by atoms with E-state index in [1.54, 1.807) is 16.9 Å². The standard InChI is InChI=1S/C26H33N5O4/c1-20-8-6-7-11-22(20)28-25(34)29-15-12-26(13-16-29)24(33)30(18-23(32)27-14-17-35-2)19-31(26)21-9-4-3-5-10-21/h3-11H,12-19H2,1-2H3,(H,27,32)(H,28,34). The first-order valence-electron chi connectivity index (χ1n) is 11.9. The fourth-order valence-electron chi connectivity index (χ4n) is 4.83. The summed E-state index contributed by atoms with van der Waals surface area (Å²) in [6.45, 7) is 3.98. The molecule has 4 rings (SSSR count). The van der Waals surface area contributed by atoms with Crippen LogP contribution in [0.25, 0.3) is 0 Å². The maximum Gasteiger partial charge on any atom is 0.321 e. The number of piperidine rings is 1. The van der Waals surface area contributed by atoms with Crippen molar-refractivity contribution in [3.63, 3.8) is 0 Å². The zero-order chi connectivity index (χ0) is 24.8. The van der Waals surface area contributed by atoms with E-state index in [1.807, 2.05) is 61.5 Å². The molecule has 9 nitrogen and oxygen atoms in total. The monoisotopic (exact) mass is 479 g/mol. The fourth-order valence-corrected chi connectivity index (χ4v) is 4.83. The molecule has 2 saturated heterocycles. The molecular weight excluding hydrogens is 446 g/mol. The zero-order valence-corrected chi connectivity index (χ0v) is 20.3. The minimum absolute atomic E-state index is 0.00881. The number of rotatable bonds is 7. The first kappa shape index (κ1) is 24.5. The molecule has 0 atom stereocenters. The lowest BCUT2D eigenvalue weighted by molar-refractivity contribution is -0.137. The number of carbonyl (C=O) groups is 3. The van der Waals surface area contributed by atoms with Crippen LogP contribution in [0, 0.1) is 6.92 Å². The van der Waals surface area contributed by atoms with Gasteiger partial charge < -0.3 is 30.1 Å². The number of ether oxygens (including phenoxy) is 1. The summed E-state index contributed by atoms with van der Waals surface area (Å²) in [5.41, 5.74) is 1.93. The van der Waals surface area contributed by atoms with Gasteiger partial charge in [0.15, 0.2) is 0 Å². The number of benzene rings is 2. The highest BCUT2D eigenvalue weighted by molar-refractivity contribution is 5.97. The number of likely N-dealkylation sites (tertiary alicyclic amines) is 1. The number of aryl methyl sites for hydroxylation is 1.